The van der Waals surface area contributed by atoms with Crippen LogP contribution < -0.4 is 15.4 Å². The van der Waals surface area contributed by atoms with E-state index in [2.05, 4.69) is 15.6 Å². The van der Waals surface area contributed by atoms with Gasteiger partial charge in [-0.15, -0.1) is 0 Å². The zero-order chi connectivity index (χ0) is 16.5. The molecule has 0 radical (unpaired) electrons. The van der Waals surface area contributed by atoms with Gasteiger partial charge in [0.15, 0.2) is 6.19 Å². The third kappa shape index (κ3) is 5.40. The Bertz CT molecular complexity index is 738. The van der Waals surface area contributed by atoms with E-state index in [0.29, 0.717) is 11.4 Å². The Morgan fingerprint density at radius 1 is 1.22 bits per heavy atom. The smallest absolute Gasteiger partial charge is 0.404 e. The van der Waals surface area contributed by atoms with E-state index in [4.69, 9.17) is 15.1 Å². The minimum atomic E-state index is -1.10. The summed E-state index contributed by atoms with van der Waals surface area (Å²) in [6.45, 7) is 0.166. The van der Waals surface area contributed by atoms with E-state index in [9.17, 15) is 4.79 Å². The molecule has 0 atom stereocenters. The first-order valence-corrected chi connectivity index (χ1v) is 6.70. The van der Waals surface area contributed by atoms with Gasteiger partial charge in [-0.2, -0.15) is 10.3 Å². The number of aliphatic imine (C=N–C) groups is 1. The number of hydrogen-bond donors (Lipinski definition) is 3. The number of ether oxygens (including phenoxy) is 1. The normalized spacial score (nSPS) is 10.5. The summed E-state index contributed by atoms with van der Waals surface area (Å²) >= 11 is 0. The number of para-hydroxylation sites is 1. The maximum absolute atomic E-state index is 10.5. The topological polar surface area (TPSA) is 107 Å². The Kier molecular flexibility index (Phi) is 5.54. The second kappa shape index (κ2) is 8.05. The fourth-order valence-corrected chi connectivity index (χ4v) is 1.76. The van der Waals surface area contributed by atoms with Gasteiger partial charge in [0.2, 0.25) is 0 Å². The summed E-state index contributed by atoms with van der Waals surface area (Å²) in [6, 6.07) is 15.9. The molecule has 116 valence electrons. The number of nitriles is 1. The molecule has 0 aromatic heterocycles. The number of nitrogens with zero attached hydrogens (tertiary/aromatic N) is 2. The van der Waals surface area contributed by atoms with Gasteiger partial charge in [0.1, 0.15) is 5.75 Å². The molecule has 0 bridgehead atoms. The second-order valence-corrected chi connectivity index (χ2v) is 4.40. The molecule has 2 rings (SSSR count). The zero-order valence-electron chi connectivity index (χ0n) is 12.1. The second-order valence-electron chi connectivity index (χ2n) is 4.40. The Labute approximate surface area is 132 Å². The Balaban J connectivity index is 2.16. The molecule has 0 saturated carbocycles. The molecular weight excluding hydrogens is 296 g/mol. The summed E-state index contributed by atoms with van der Waals surface area (Å²) in [4.78, 5) is 14.7. The van der Waals surface area contributed by atoms with Crippen molar-refractivity contribution < 1.29 is 14.6 Å². The van der Waals surface area contributed by atoms with Crippen molar-refractivity contribution in [2.75, 3.05) is 0 Å². The standard InChI is InChI=1S/C16H14N4O3/c17-11-19-15(23-14-7-2-1-3-8-14)20-13-6-4-5-12(9-13)10-18-16(21)22/h1-9,18H,10H2,(H,19,20)(H,21,22). The number of carboxylic acid groups (broad SMARTS) is 1. The van der Waals surface area contributed by atoms with Crippen LogP contribution in [0.5, 0.6) is 5.75 Å². The number of hydrogen-bond acceptors (Lipinski definition) is 4. The number of nitrogens with one attached hydrogen (secondary N) is 2. The number of benzene rings is 2. The quantitative estimate of drug-likeness (QED) is 0.348. The number of carbonyl (C=O) groups is 1. The minimum Gasteiger partial charge on any atom is -0.465 e. The van der Waals surface area contributed by atoms with Crippen LogP contribution >= 0.6 is 0 Å². The van der Waals surface area contributed by atoms with Gasteiger partial charge in [0.05, 0.1) is 5.69 Å². The lowest BCUT2D eigenvalue weighted by atomic mass is 10.2. The molecule has 0 fully saturated rings. The highest BCUT2D eigenvalue weighted by Crippen LogP contribution is 2.16. The molecule has 0 spiro atoms. The molecule has 2 aromatic carbocycles. The van der Waals surface area contributed by atoms with Gasteiger partial charge in [-0.05, 0) is 29.8 Å². The van der Waals surface area contributed by atoms with Gasteiger partial charge in [-0.1, -0.05) is 30.3 Å². The fourth-order valence-electron chi connectivity index (χ4n) is 1.76. The van der Waals surface area contributed by atoms with Crippen LogP contribution in [0.4, 0.5) is 10.5 Å². The van der Waals surface area contributed by atoms with Crippen LogP contribution in [0, 0.1) is 11.5 Å². The third-order valence-electron chi connectivity index (χ3n) is 2.71. The van der Waals surface area contributed by atoms with Crippen molar-refractivity contribution in [2.45, 2.75) is 6.54 Å². The van der Waals surface area contributed by atoms with Gasteiger partial charge in [-0.25, -0.2) is 10.1 Å². The van der Waals surface area contributed by atoms with Crippen molar-refractivity contribution >= 4 is 17.8 Å². The van der Waals surface area contributed by atoms with E-state index >= 15 is 0 Å². The zero-order valence-corrected chi connectivity index (χ0v) is 12.1. The molecule has 0 unspecified atom stereocenters. The molecule has 0 saturated heterocycles. The van der Waals surface area contributed by atoms with Crippen molar-refractivity contribution in [3.63, 3.8) is 0 Å². The first kappa shape index (κ1) is 15.9. The van der Waals surface area contributed by atoms with Crippen LogP contribution in [0.1, 0.15) is 5.56 Å². The van der Waals surface area contributed by atoms with Gasteiger partial charge in [0, 0.05) is 6.54 Å². The molecule has 7 nitrogen and oxygen atoms in total. The number of amidine groups is 1. The van der Waals surface area contributed by atoms with Crippen LogP contribution in [-0.2, 0) is 6.54 Å². The first-order valence-electron chi connectivity index (χ1n) is 6.70. The largest absolute Gasteiger partial charge is 0.465 e. The SMILES string of the molecule is N#CNC(=Nc1cccc(CNC(=O)O)c1)Oc1ccccc1. The molecule has 23 heavy (non-hydrogen) atoms. The summed E-state index contributed by atoms with van der Waals surface area (Å²) < 4.78 is 5.50. The molecule has 2 aromatic rings. The molecule has 0 heterocycles. The van der Waals surface area contributed by atoms with Crippen LogP contribution in [0.25, 0.3) is 0 Å². The molecule has 7 heteroatoms. The average Bonchev–Trinajstić information content (AvgIpc) is 2.54. The maximum Gasteiger partial charge on any atom is 0.404 e. The predicted octanol–water partition coefficient (Wildman–Crippen LogP) is 2.59. The number of rotatable bonds is 4. The molecule has 0 aliphatic carbocycles. The summed E-state index contributed by atoms with van der Waals surface area (Å²) in [7, 11) is 0. The van der Waals surface area contributed by atoms with E-state index in [1.807, 2.05) is 6.07 Å². The lowest BCUT2D eigenvalue weighted by Gasteiger charge is -2.07. The molecule has 0 aliphatic rings. The van der Waals surface area contributed by atoms with Crippen LogP contribution in [-0.4, -0.2) is 17.2 Å². The third-order valence-corrected chi connectivity index (χ3v) is 2.71. The first-order chi connectivity index (χ1) is 11.2. The van der Waals surface area contributed by atoms with E-state index < -0.39 is 6.09 Å². The van der Waals surface area contributed by atoms with Gasteiger partial charge in [-0.3, -0.25) is 0 Å². The molecular formula is C16H14N4O3. The van der Waals surface area contributed by atoms with Gasteiger partial charge < -0.3 is 15.2 Å². The highest BCUT2D eigenvalue weighted by Gasteiger charge is 2.04. The van der Waals surface area contributed by atoms with E-state index in [0.717, 1.165) is 5.56 Å². The highest BCUT2D eigenvalue weighted by atomic mass is 16.5. The van der Waals surface area contributed by atoms with Gasteiger partial charge in [0.25, 0.3) is 0 Å². The van der Waals surface area contributed by atoms with Crippen molar-refractivity contribution in [1.29, 1.82) is 5.26 Å². The van der Waals surface area contributed by atoms with Crippen LogP contribution in [0.15, 0.2) is 59.6 Å². The lowest BCUT2D eigenvalue weighted by Crippen LogP contribution is -2.24. The lowest BCUT2D eigenvalue weighted by molar-refractivity contribution is 0.194. The van der Waals surface area contributed by atoms with Crippen molar-refractivity contribution in [1.82, 2.24) is 10.6 Å². The number of amides is 1. The molecule has 3 N–H and O–H groups in total. The predicted molar refractivity (Wildman–Crippen MR) is 84.2 cm³/mol. The van der Waals surface area contributed by atoms with Crippen molar-refractivity contribution in [3.8, 4) is 11.9 Å². The van der Waals surface area contributed by atoms with Crippen LogP contribution in [0.3, 0.4) is 0 Å². The molecule has 0 aliphatic heterocycles. The van der Waals surface area contributed by atoms with E-state index in [1.165, 1.54) is 0 Å². The average molecular weight is 310 g/mol. The monoisotopic (exact) mass is 310 g/mol. The molecule has 1 amide bonds. The maximum atomic E-state index is 10.5. The Hall–Kier alpha value is -3.53. The Morgan fingerprint density at radius 3 is 2.70 bits per heavy atom. The summed E-state index contributed by atoms with van der Waals surface area (Å²) in [5.74, 6) is 0.540. The highest BCUT2D eigenvalue weighted by molar-refractivity contribution is 5.80. The van der Waals surface area contributed by atoms with Crippen molar-refractivity contribution in [2.24, 2.45) is 4.99 Å². The fraction of sp³-hybridized carbons (Fsp3) is 0.0625. The summed E-state index contributed by atoms with van der Waals surface area (Å²) in [6.07, 6.45) is 0.668. The Morgan fingerprint density at radius 2 is 2.00 bits per heavy atom. The summed E-state index contributed by atoms with van der Waals surface area (Å²) in [5.41, 5.74) is 1.27. The van der Waals surface area contributed by atoms with E-state index in [-0.39, 0.29) is 12.6 Å². The minimum absolute atomic E-state index is 0.0297. The summed E-state index contributed by atoms with van der Waals surface area (Å²) in [5, 5.41) is 22.1. The van der Waals surface area contributed by atoms with Crippen LogP contribution in [0.2, 0.25) is 0 Å². The van der Waals surface area contributed by atoms with Gasteiger partial charge >= 0.3 is 12.1 Å². The van der Waals surface area contributed by atoms with Crippen molar-refractivity contribution in [3.05, 3.63) is 60.2 Å². The van der Waals surface area contributed by atoms with E-state index in [1.54, 1.807) is 54.7 Å².